The molecule has 30 heavy (non-hydrogen) atoms. The van der Waals surface area contributed by atoms with E-state index < -0.39 is 0 Å². The first-order chi connectivity index (χ1) is 14.3. The molecule has 3 heterocycles. The summed E-state index contributed by atoms with van der Waals surface area (Å²) in [5.41, 5.74) is 1.63. The van der Waals surface area contributed by atoms with E-state index in [9.17, 15) is 9.59 Å². The van der Waals surface area contributed by atoms with Gasteiger partial charge in [0, 0.05) is 18.0 Å². The van der Waals surface area contributed by atoms with Crippen LogP contribution >= 0.6 is 34.5 Å². The summed E-state index contributed by atoms with van der Waals surface area (Å²) in [5, 5.41) is 4.49. The molecule has 1 aliphatic carbocycles. The number of likely N-dealkylation sites (N-methyl/N-ethyl adjacent to an activating group) is 1. The molecule has 0 spiro atoms. The average Bonchev–Trinajstić information content (AvgIpc) is 3.03. The number of aromatic nitrogens is 3. The minimum Gasteiger partial charge on any atom is -0.308 e. The van der Waals surface area contributed by atoms with E-state index >= 15 is 0 Å². The second-order valence-electron chi connectivity index (χ2n) is 8.12. The van der Waals surface area contributed by atoms with Gasteiger partial charge >= 0.3 is 0 Å². The zero-order valence-electron chi connectivity index (χ0n) is 16.5. The van der Waals surface area contributed by atoms with Crippen molar-refractivity contribution in [3.63, 3.8) is 0 Å². The van der Waals surface area contributed by atoms with Crippen molar-refractivity contribution >= 4 is 56.7 Å². The van der Waals surface area contributed by atoms with Gasteiger partial charge in [0.05, 0.1) is 11.3 Å². The van der Waals surface area contributed by atoms with Crippen LogP contribution < -0.4 is 15.0 Å². The van der Waals surface area contributed by atoms with E-state index in [2.05, 4.69) is 23.9 Å². The van der Waals surface area contributed by atoms with Gasteiger partial charge in [-0.15, -0.1) is 5.10 Å². The van der Waals surface area contributed by atoms with Gasteiger partial charge in [-0.25, -0.2) is 4.98 Å². The van der Waals surface area contributed by atoms with Crippen LogP contribution in [0.3, 0.4) is 0 Å². The Balaban J connectivity index is 1.65. The lowest BCUT2D eigenvalue weighted by atomic mass is 10.1. The highest BCUT2D eigenvalue weighted by atomic mass is 35.5. The summed E-state index contributed by atoms with van der Waals surface area (Å²) in [5.74, 6) is 0.594. The predicted octanol–water partition coefficient (Wildman–Crippen LogP) is 3.49. The second-order valence-corrected chi connectivity index (χ2v) is 10.1. The second kappa shape index (κ2) is 6.64. The first kappa shape index (κ1) is 19.7. The van der Waals surface area contributed by atoms with Gasteiger partial charge in [0.25, 0.3) is 11.5 Å². The summed E-state index contributed by atoms with van der Waals surface area (Å²) in [4.78, 5) is 33.0. The van der Waals surface area contributed by atoms with Crippen molar-refractivity contribution in [2.75, 3.05) is 11.4 Å². The standard InChI is InChI=1S/C21H18Cl2N4O2S/c1-4-26-12-8-6-5-7-10(12)14(18(26)28)16-19(29)27-20(30-16)24-17(25-27)15-11(9-13(22)23)21(15,2)3/h5-9,11,15H,4H2,1-3H3/b16-14-/t11-,15-/m0/s1. The zero-order chi connectivity index (χ0) is 21.4. The van der Waals surface area contributed by atoms with E-state index in [4.69, 9.17) is 23.2 Å². The number of carbonyl (C=O) groups excluding carboxylic acids is 1. The monoisotopic (exact) mass is 460 g/mol. The summed E-state index contributed by atoms with van der Waals surface area (Å²) in [6.45, 7) is 6.64. The summed E-state index contributed by atoms with van der Waals surface area (Å²) >= 11 is 12.9. The van der Waals surface area contributed by atoms with Crippen molar-refractivity contribution in [2.45, 2.75) is 26.7 Å². The zero-order valence-corrected chi connectivity index (χ0v) is 18.8. The van der Waals surface area contributed by atoms with Gasteiger partial charge < -0.3 is 4.90 Å². The van der Waals surface area contributed by atoms with Crippen molar-refractivity contribution in [3.8, 4) is 0 Å². The van der Waals surface area contributed by atoms with Crippen LogP contribution in [0.25, 0.3) is 10.5 Å². The first-order valence-corrected chi connectivity index (χ1v) is 11.2. The number of amides is 1. The predicted molar refractivity (Wildman–Crippen MR) is 119 cm³/mol. The van der Waals surface area contributed by atoms with Gasteiger partial charge in [0.2, 0.25) is 4.96 Å². The Morgan fingerprint density at radius 1 is 1.27 bits per heavy atom. The van der Waals surface area contributed by atoms with E-state index in [1.807, 2.05) is 31.2 Å². The third-order valence-electron chi connectivity index (χ3n) is 6.13. The Kier molecular flexibility index (Phi) is 4.36. The largest absolute Gasteiger partial charge is 0.308 e. The number of hydrogen-bond donors (Lipinski definition) is 0. The molecule has 0 bridgehead atoms. The number of fused-ring (bicyclic) bond motifs is 2. The Morgan fingerprint density at radius 2 is 2.00 bits per heavy atom. The van der Waals surface area contributed by atoms with Crippen LogP contribution in [0.5, 0.6) is 0 Å². The molecule has 1 amide bonds. The van der Waals surface area contributed by atoms with Gasteiger partial charge in [0.15, 0.2) is 5.82 Å². The van der Waals surface area contributed by atoms with Crippen molar-refractivity contribution in [1.29, 1.82) is 0 Å². The van der Waals surface area contributed by atoms with E-state index in [1.54, 1.807) is 11.0 Å². The average molecular weight is 461 g/mol. The highest BCUT2D eigenvalue weighted by Gasteiger charge is 2.59. The van der Waals surface area contributed by atoms with Gasteiger partial charge in [-0.05, 0) is 30.4 Å². The number of para-hydroxylation sites is 1. The lowest BCUT2D eigenvalue weighted by molar-refractivity contribution is -0.113. The highest BCUT2D eigenvalue weighted by Crippen LogP contribution is 2.64. The molecule has 5 rings (SSSR count). The Bertz CT molecular complexity index is 1350. The molecule has 2 aromatic heterocycles. The Labute approximate surface area is 186 Å². The Hall–Kier alpha value is -2.22. The molecule has 1 aromatic carbocycles. The van der Waals surface area contributed by atoms with Crippen LogP contribution in [0.4, 0.5) is 5.69 Å². The molecular formula is C21H18Cl2N4O2S. The van der Waals surface area contributed by atoms with Crippen molar-refractivity contribution in [2.24, 2.45) is 11.3 Å². The van der Waals surface area contributed by atoms with Crippen molar-refractivity contribution in [3.05, 3.63) is 61.1 Å². The number of halogens is 2. The van der Waals surface area contributed by atoms with Gasteiger partial charge in [0.1, 0.15) is 9.02 Å². The number of hydrogen-bond acceptors (Lipinski definition) is 5. The molecule has 1 aliphatic heterocycles. The molecule has 1 fully saturated rings. The smallest absolute Gasteiger partial charge is 0.291 e. The molecule has 9 heteroatoms. The maximum Gasteiger partial charge on any atom is 0.291 e. The fraction of sp³-hybridized carbons (Fsp3) is 0.333. The van der Waals surface area contributed by atoms with E-state index in [0.29, 0.717) is 27.4 Å². The molecule has 0 saturated heterocycles. The number of carbonyl (C=O) groups is 1. The molecule has 3 aromatic rings. The topological polar surface area (TPSA) is 67.6 Å². The SMILES string of the molecule is CCN1C(=O)/C(=c2\sc3nc([C@@H]4[C@H](C=C(Cl)Cl)C4(C)C)nn3c2=O)c2ccccc21. The highest BCUT2D eigenvalue weighted by molar-refractivity contribution is 7.15. The minimum absolute atomic E-state index is 0.0389. The number of thiazole rings is 1. The maximum atomic E-state index is 13.2. The normalized spacial score (nSPS) is 23.8. The van der Waals surface area contributed by atoms with Crippen LogP contribution in [0, 0.1) is 11.3 Å². The number of anilines is 1. The summed E-state index contributed by atoms with van der Waals surface area (Å²) in [7, 11) is 0. The lowest BCUT2D eigenvalue weighted by Gasteiger charge is -2.13. The fourth-order valence-electron chi connectivity index (χ4n) is 4.46. The van der Waals surface area contributed by atoms with Crippen molar-refractivity contribution < 1.29 is 4.79 Å². The van der Waals surface area contributed by atoms with Gasteiger partial charge in [-0.1, -0.05) is 66.6 Å². The summed E-state index contributed by atoms with van der Waals surface area (Å²) < 4.78 is 1.91. The Morgan fingerprint density at radius 3 is 2.67 bits per heavy atom. The van der Waals surface area contributed by atoms with Gasteiger partial charge in [-0.3, -0.25) is 9.59 Å². The number of nitrogens with zero attached hydrogens (tertiary/aromatic N) is 4. The third kappa shape index (κ3) is 2.69. The molecule has 2 aliphatic rings. The van der Waals surface area contributed by atoms with Crippen LogP contribution in [0.1, 0.15) is 38.1 Å². The maximum absolute atomic E-state index is 13.2. The molecule has 0 unspecified atom stereocenters. The minimum atomic E-state index is -0.314. The molecule has 0 radical (unpaired) electrons. The third-order valence-corrected chi connectivity index (χ3v) is 7.42. The van der Waals surface area contributed by atoms with Crippen LogP contribution in [0.15, 0.2) is 39.6 Å². The van der Waals surface area contributed by atoms with Crippen molar-refractivity contribution in [1.82, 2.24) is 14.6 Å². The van der Waals surface area contributed by atoms with E-state index in [1.165, 1.54) is 15.9 Å². The summed E-state index contributed by atoms with van der Waals surface area (Å²) in [6.07, 6.45) is 1.80. The molecule has 2 atom stereocenters. The quantitative estimate of drug-likeness (QED) is 0.599. The van der Waals surface area contributed by atoms with Crippen LogP contribution in [-0.2, 0) is 4.79 Å². The first-order valence-electron chi connectivity index (χ1n) is 9.63. The molecule has 6 nitrogen and oxygen atoms in total. The van der Waals surface area contributed by atoms with Gasteiger partial charge in [-0.2, -0.15) is 4.52 Å². The van der Waals surface area contributed by atoms with E-state index in [0.717, 1.165) is 11.3 Å². The molecule has 1 saturated carbocycles. The number of allylic oxidation sites excluding steroid dienone is 1. The summed E-state index contributed by atoms with van der Waals surface area (Å²) in [6, 6.07) is 7.53. The molecule has 0 N–H and O–H groups in total. The lowest BCUT2D eigenvalue weighted by Crippen LogP contribution is -2.32. The number of benzene rings is 1. The van der Waals surface area contributed by atoms with Crippen LogP contribution in [-0.4, -0.2) is 27.0 Å². The van der Waals surface area contributed by atoms with E-state index in [-0.39, 0.29) is 33.2 Å². The molecule has 154 valence electrons. The molecular weight excluding hydrogens is 443 g/mol. The number of rotatable bonds is 3. The van der Waals surface area contributed by atoms with Crippen LogP contribution in [0.2, 0.25) is 0 Å². The fourth-order valence-corrected chi connectivity index (χ4v) is 5.74.